The number of carboxylic acids is 2. The van der Waals surface area contributed by atoms with Gasteiger partial charge in [0.2, 0.25) is 0 Å². The fraction of sp³-hybridized carbons (Fsp3) is 0.235. The van der Waals surface area contributed by atoms with Crippen molar-refractivity contribution in [3.05, 3.63) is 45.3 Å². The molecule has 3 aromatic rings. The van der Waals surface area contributed by atoms with Crippen LogP contribution in [0.15, 0.2) is 29.3 Å². The number of aliphatic carboxylic acids is 1. The molecule has 3 heterocycles. The number of carboxylic acid groups (broad SMARTS) is 2. The van der Waals surface area contributed by atoms with Gasteiger partial charge in [-0.1, -0.05) is 0 Å². The van der Waals surface area contributed by atoms with Gasteiger partial charge in [0.25, 0.3) is 5.56 Å². The van der Waals surface area contributed by atoms with Crippen molar-refractivity contribution in [1.29, 1.82) is 0 Å². The molecule has 0 saturated heterocycles. The molecule has 26 heavy (non-hydrogen) atoms. The summed E-state index contributed by atoms with van der Waals surface area (Å²) in [5.41, 5.74) is 0.602. The molecule has 0 fully saturated rings. The minimum absolute atomic E-state index is 0.0741. The van der Waals surface area contributed by atoms with E-state index in [4.69, 9.17) is 5.11 Å². The van der Waals surface area contributed by atoms with Crippen LogP contribution in [0.4, 0.5) is 0 Å². The third-order valence-corrected chi connectivity index (χ3v) is 5.11. The monoisotopic (exact) mass is 373 g/mol. The second kappa shape index (κ2) is 7.04. The van der Waals surface area contributed by atoms with Gasteiger partial charge in [0.1, 0.15) is 15.5 Å². The molecule has 0 unspecified atom stereocenters. The summed E-state index contributed by atoms with van der Waals surface area (Å²) in [7, 11) is 0. The van der Waals surface area contributed by atoms with E-state index in [1.807, 2.05) is 0 Å². The lowest BCUT2D eigenvalue weighted by molar-refractivity contribution is -0.137. The molecule has 0 aliphatic carbocycles. The Morgan fingerprint density at radius 3 is 2.69 bits per heavy atom. The number of aryl methyl sites for hydroxylation is 1. The molecule has 0 saturated carbocycles. The van der Waals surface area contributed by atoms with Crippen LogP contribution < -0.4 is 5.56 Å². The molecule has 3 aromatic heterocycles. The van der Waals surface area contributed by atoms with Gasteiger partial charge in [0.05, 0.1) is 5.39 Å². The molecule has 0 aromatic carbocycles. The van der Waals surface area contributed by atoms with Gasteiger partial charge < -0.3 is 10.2 Å². The maximum Gasteiger partial charge on any atom is 0.346 e. The van der Waals surface area contributed by atoms with Gasteiger partial charge >= 0.3 is 11.9 Å². The van der Waals surface area contributed by atoms with Gasteiger partial charge in [0, 0.05) is 30.9 Å². The molecule has 134 valence electrons. The quantitative estimate of drug-likeness (QED) is 0.680. The standard InChI is InChI=1S/C17H15N3O5S/c1-9-12-15(26-13(9)17(24)25)19-14(10-4-2-6-18-8-10)20(16(12)23)7-3-5-11(21)22/h2,4,6,8H,3,5,7H2,1H3,(H,21,22)(H,24,25). The molecule has 0 aliphatic rings. The summed E-state index contributed by atoms with van der Waals surface area (Å²) in [5.74, 6) is -1.71. The Labute approximate surface area is 151 Å². The van der Waals surface area contributed by atoms with E-state index in [2.05, 4.69) is 9.97 Å². The summed E-state index contributed by atoms with van der Waals surface area (Å²) in [4.78, 5) is 44.2. The van der Waals surface area contributed by atoms with E-state index >= 15 is 0 Å². The number of pyridine rings is 1. The zero-order chi connectivity index (χ0) is 18.8. The molecule has 0 spiro atoms. The number of hydrogen-bond acceptors (Lipinski definition) is 6. The first-order chi connectivity index (χ1) is 12.4. The zero-order valence-corrected chi connectivity index (χ0v) is 14.6. The number of carbonyl (C=O) groups is 2. The Kier molecular flexibility index (Phi) is 4.81. The second-order valence-electron chi connectivity index (χ2n) is 5.67. The van der Waals surface area contributed by atoms with Crippen molar-refractivity contribution in [3.8, 4) is 11.4 Å². The maximum absolute atomic E-state index is 13.0. The average Bonchev–Trinajstić information content (AvgIpc) is 2.94. The van der Waals surface area contributed by atoms with Crippen LogP contribution in [0.25, 0.3) is 21.6 Å². The van der Waals surface area contributed by atoms with Gasteiger partial charge in [-0.3, -0.25) is 19.1 Å². The van der Waals surface area contributed by atoms with Crippen molar-refractivity contribution in [2.75, 3.05) is 0 Å². The lowest BCUT2D eigenvalue weighted by atomic mass is 10.2. The number of rotatable bonds is 6. The van der Waals surface area contributed by atoms with Crippen LogP contribution >= 0.6 is 11.3 Å². The van der Waals surface area contributed by atoms with Gasteiger partial charge in [-0.05, 0) is 31.0 Å². The molecular weight excluding hydrogens is 358 g/mol. The topological polar surface area (TPSA) is 122 Å². The Morgan fingerprint density at radius 1 is 1.31 bits per heavy atom. The number of fused-ring (bicyclic) bond motifs is 1. The molecule has 8 nitrogen and oxygen atoms in total. The van der Waals surface area contributed by atoms with Crippen molar-refractivity contribution >= 4 is 33.5 Å². The summed E-state index contributed by atoms with van der Waals surface area (Å²) in [5, 5.41) is 18.4. The number of aromatic carboxylic acids is 1. The van der Waals surface area contributed by atoms with Crippen molar-refractivity contribution in [2.24, 2.45) is 0 Å². The van der Waals surface area contributed by atoms with Crippen LogP contribution in [0.5, 0.6) is 0 Å². The van der Waals surface area contributed by atoms with Crippen molar-refractivity contribution < 1.29 is 19.8 Å². The highest BCUT2D eigenvalue weighted by Crippen LogP contribution is 2.29. The van der Waals surface area contributed by atoms with Gasteiger partial charge in [0.15, 0.2) is 0 Å². The van der Waals surface area contributed by atoms with Crippen LogP contribution in [0.2, 0.25) is 0 Å². The predicted octanol–water partition coefficient (Wildman–Crippen LogP) is 2.39. The molecule has 0 amide bonds. The lowest BCUT2D eigenvalue weighted by Crippen LogP contribution is -2.24. The van der Waals surface area contributed by atoms with Gasteiger partial charge in [-0.25, -0.2) is 9.78 Å². The van der Waals surface area contributed by atoms with E-state index in [9.17, 15) is 19.5 Å². The summed E-state index contributed by atoms with van der Waals surface area (Å²) >= 11 is 0.954. The Bertz CT molecular complexity index is 1060. The minimum atomic E-state index is -1.11. The normalized spacial score (nSPS) is 11.0. The first-order valence-corrected chi connectivity index (χ1v) is 8.61. The lowest BCUT2D eigenvalue weighted by Gasteiger charge is -2.12. The zero-order valence-electron chi connectivity index (χ0n) is 13.8. The van der Waals surface area contributed by atoms with Crippen LogP contribution in [0, 0.1) is 6.92 Å². The minimum Gasteiger partial charge on any atom is -0.481 e. The number of nitrogens with zero attached hydrogens (tertiary/aromatic N) is 3. The number of thiophene rings is 1. The van der Waals surface area contributed by atoms with E-state index in [-0.39, 0.29) is 35.2 Å². The van der Waals surface area contributed by atoms with E-state index < -0.39 is 11.9 Å². The first-order valence-electron chi connectivity index (χ1n) is 7.79. The average molecular weight is 373 g/mol. The van der Waals surface area contributed by atoms with Gasteiger partial charge in [-0.15, -0.1) is 11.3 Å². The van der Waals surface area contributed by atoms with Gasteiger partial charge in [-0.2, -0.15) is 0 Å². The smallest absolute Gasteiger partial charge is 0.346 e. The van der Waals surface area contributed by atoms with Crippen molar-refractivity contribution in [3.63, 3.8) is 0 Å². The first kappa shape index (κ1) is 17.7. The molecule has 0 bridgehead atoms. The van der Waals surface area contributed by atoms with Crippen molar-refractivity contribution in [1.82, 2.24) is 14.5 Å². The second-order valence-corrected chi connectivity index (χ2v) is 6.67. The van der Waals surface area contributed by atoms with Crippen molar-refractivity contribution in [2.45, 2.75) is 26.3 Å². The number of aromatic nitrogens is 3. The fourth-order valence-electron chi connectivity index (χ4n) is 2.73. The molecule has 0 atom stereocenters. The molecule has 2 N–H and O–H groups in total. The Hall–Kier alpha value is -3.07. The predicted molar refractivity (Wildman–Crippen MR) is 95.7 cm³/mol. The largest absolute Gasteiger partial charge is 0.481 e. The Morgan fingerprint density at radius 2 is 2.08 bits per heavy atom. The van der Waals surface area contributed by atoms with E-state index in [0.29, 0.717) is 21.8 Å². The Balaban J connectivity index is 2.24. The fourth-order valence-corrected chi connectivity index (χ4v) is 3.74. The van der Waals surface area contributed by atoms with E-state index in [1.54, 1.807) is 31.5 Å². The number of hydrogen-bond donors (Lipinski definition) is 2. The van der Waals surface area contributed by atoms with Crippen LogP contribution in [0.1, 0.15) is 28.1 Å². The SMILES string of the molecule is Cc1c(C(=O)O)sc2nc(-c3cccnc3)n(CCCC(=O)O)c(=O)c12. The van der Waals surface area contributed by atoms with Crippen LogP contribution in [-0.2, 0) is 11.3 Å². The van der Waals surface area contributed by atoms with E-state index in [0.717, 1.165) is 11.3 Å². The summed E-state index contributed by atoms with van der Waals surface area (Å²) < 4.78 is 1.40. The molecule has 0 aliphatic heterocycles. The molecule has 3 rings (SSSR count). The highest BCUT2D eigenvalue weighted by atomic mass is 32.1. The maximum atomic E-state index is 13.0. The van der Waals surface area contributed by atoms with Crippen LogP contribution in [-0.4, -0.2) is 36.7 Å². The highest BCUT2D eigenvalue weighted by Gasteiger charge is 2.21. The third kappa shape index (κ3) is 3.21. The molecule has 0 radical (unpaired) electrons. The van der Waals surface area contributed by atoms with E-state index in [1.165, 1.54) is 4.57 Å². The third-order valence-electron chi connectivity index (χ3n) is 3.94. The summed E-state index contributed by atoms with van der Waals surface area (Å²) in [6.45, 7) is 1.74. The molecular formula is C17H15N3O5S. The summed E-state index contributed by atoms with van der Waals surface area (Å²) in [6.07, 6.45) is 3.32. The van der Waals surface area contributed by atoms with Crippen LogP contribution in [0.3, 0.4) is 0 Å². The summed E-state index contributed by atoms with van der Waals surface area (Å²) in [6, 6.07) is 3.45. The molecule has 9 heteroatoms. The highest BCUT2D eigenvalue weighted by molar-refractivity contribution is 7.20.